The summed E-state index contributed by atoms with van der Waals surface area (Å²) in [6.07, 6.45) is -35.1. The van der Waals surface area contributed by atoms with Crippen molar-refractivity contribution in [3.05, 3.63) is 50.8 Å². The third-order valence-corrected chi connectivity index (χ3v) is 28.3. The number of hydrogen-bond donors (Lipinski definition) is 15. The number of ketones is 6. The van der Waals surface area contributed by atoms with Crippen LogP contribution < -0.4 is 9.47 Å². The van der Waals surface area contributed by atoms with Crippen molar-refractivity contribution < 1.29 is 181 Å². The summed E-state index contributed by atoms with van der Waals surface area (Å²) in [5, 5.41) is 185. The summed E-state index contributed by atoms with van der Waals surface area (Å²) in [5.74, 6) is -17.3. The van der Waals surface area contributed by atoms with Gasteiger partial charge in [0.25, 0.3) is 0 Å². The number of aliphatic hydroxyl groups excluding tert-OH is 6. The number of rotatable bonds is 22. The molecule has 9 fully saturated rings. The summed E-state index contributed by atoms with van der Waals surface area (Å²) in [4.78, 5) is 89.5. The largest absolute Gasteiger partial charge is 0.507 e. The molecule has 0 radical (unpaired) electrons. The highest BCUT2D eigenvalue weighted by Gasteiger charge is 2.82. The summed E-state index contributed by atoms with van der Waals surface area (Å²) >= 11 is 0. The van der Waals surface area contributed by atoms with E-state index in [4.69, 9.17) is 75.8 Å². The van der Waals surface area contributed by atoms with Crippen molar-refractivity contribution in [1.82, 2.24) is 0 Å². The number of carbonyl (C=O) groups excluding carboxylic acids is 6. The highest BCUT2D eigenvalue weighted by molar-refractivity contribution is 6.43. The van der Waals surface area contributed by atoms with Crippen molar-refractivity contribution in [2.45, 2.75) is 353 Å². The third-order valence-electron chi connectivity index (χ3n) is 28.3. The quantitative estimate of drug-likeness (QED) is 0.0507. The zero-order valence-electron chi connectivity index (χ0n) is 70.0. The van der Waals surface area contributed by atoms with Gasteiger partial charge in [0.05, 0.1) is 145 Å². The minimum atomic E-state index is -3.21. The summed E-state index contributed by atoms with van der Waals surface area (Å²) in [6, 6.07) is 1.25. The standard InChI is InChI=1S/C85H112O37/c1-14-22-82(104)78(120-45-18-16-43(30(3)110-45)116-47-20-24-80(102,34(7)86)36(9)114-47)68(98)71(118-49-28-41(88)60(90)32(5)112-49)40-27-38-26-39-52(62(92)51(38)76(100)84(40,82)105)63(93)56(74(109-13)70(39)107-11)55-64(94)53-54(67(97)73(55)108-12)65(95)57-58(66(53)96)77(101)85(106)59-72(57)122-83(85,23-15-2)79(69(99)75(59)119-50-29-42(89)61(91)33(6)113-50)121-46-19-17-44(31(4)111-46)117-48-21-25-81(103,35(8)87)37(10)115-48/h26,30-33,36-37,40-50,59-61,68-69,71-72,75,78-79,88-93,95-96,98-99,102-106H,14-25,27-29H2,1-13H3/i14+1,15+1,38+1,39+1,40+1,54+1,57+1,59+1,62+1,63+1,64+1,66+1,68+1,69+1,73+1,74+1,76+1,77+1,82+1,83+1. The lowest BCUT2D eigenvalue weighted by molar-refractivity contribution is -0.358. The van der Waals surface area contributed by atoms with Crippen LogP contribution >= 0.6 is 0 Å². The van der Waals surface area contributed by atoms with E-state index >= 15 is 19.2 Å². The van der Waals surface area contributed by atoms with Gasteiger partial charge in [-0.2, -0.15) is 0 Å². The van der Waals surface area contributed by atoms with Gasteiger partial charge in [-0.05, 0) is 112 Å². The highest BCUT2D eigenvalue weighted by Crippen LogP contribution is 2.69. The Kier molecular flexibility index (Phi) is 24.3. The van der Waals surface area contributed by atoms with E-state index in [2.05, 4.69) is 0 Å². The topological polar surface area (TPSA) is 554 Å². The van der Waals surface area contributed by atoms with Gasteiger partial charge in [-0.25, -0.2) is 0 Å². The first-order valence-corrected chi connectivity index (χ1v) is 42.0. The maximum absolute atomic E-state index is 16.4. The average molecular weight is 1750 g/mol. The predicted octanol–water partition coefficient (Wildman–Crippen LogP) is 2.40. The van der Waals surface area contributed by atoms with E-state index in [1.165, 1.54) is 33.8 Å². The Balaban J connectivity index is 0.798. The van der Waals surface area contributed by atoms with Gasteiger partial charge in [0.1, 0.15) is 82.0 Å². The molecule has 37 nitrogen and oxygen atoms in total. The van der Waals surface area contributed by atoms with Crippen LogP contribution in [0.5, 0.6) is 34.5 Å². The molecule has 15 rings (SSSR count). The summed E-state index contributed by atoms with van der Waals surface area (Å²) in [6.45, 7) is 15.1. The highest BCUT2D eigenvalue weighted by atomic mass is 16.8. The lowest BCUT2D eigenvalue weighted by atomic mass is 9.86. The van der Waals surface area contributed by atoms with Crippen molar-refractivity contribution >= 4 is 51.0 Å². The van der Waals surface area contributed by atoms with Gasteiger partial charge in [-0.1, -0.05) is 26.7 Å². The Morgan fingerprint density at radius 1 is 0.484 bits per heavy atom. The van der Waals surface area contributed by atoms with E-state index in [1.54, 1.807) is 41.5 Å². The maximum Gasteiger partial charge on any atom is 0.232 e. The van der Waals surface area contributed by atoms with E-state index in [0.717, 1.165) is 21.3 Å². The molecule has 33 unspecified atom stereocenters. The minimum absolute atomic E-state index is 0.0101. The number of allylic oxidation sites excluding steroid dienone is 2. The number of fused-ring (bicyclic) bond motifs is 6. The first kappa shape index (κ1) is 90.1. The molecular formula is C85H112O37. The van der Waals surface area contributed by atoms with Gasteiger partial charge in [0.15, 0.2) is 77.8 Å². The third kappa shape index (κ3) is 13.6. The van der Waals surface area contributed by atoms with Gasteiger partial charge in [-0.3, -0.25) is 28.8 Å². The number of phenolic OH excluding ortho intramolecular Hbond substituents is 4. The lowest BCUT2D eigenvalue weighted by Gasteiger charge is -2.60. The van der Waals surface area contributed by atoms with Crippen LogP contribution in [-0.4, -0.2) is 314 Å². The van der Waals surface area contributed by atoms with Crippen molar-refractivity contribution in [2.75, 3.05) is 21.3 Å². The van der Waals surface area contributed by atoms with Crippen molar-refractivity contribution in [2.24, 2.45) is 11.8 Å². The minimum Gasteiger partial charge on any atom is -0.507 e. The molecule has 3 aromatic rings. The van der Waals surface area contributed by atoms with Crippen LogP contribution in [0.1, 0.15) is 223 Å². The molecule has 0 spiro atoms. The number of phenols is 4. The lowest BCUT2D eigenvalue weighted by Crippen LogP contribution is -2.80. The number of aliphatic hydroxyl groups is 11. The van der Waals surface area contributed by atoms with Crippen molar-refractivity contribution in [3.63, 3.8) is 0 Å². The Hall–Kier alpha value is -6.68. The fourth-order valence-electron chi connectivity index (χ4n) is 21.7. The van der Waals surface area contributed by atoms with Crippen LogP contribution in [0.15, 0.2) is 11.8 Å². The smallest absolute Gasteiger partial charge is 0.232 e. The van der Waals surface area contributed by atoms with Gasteiger partial charge in [0.2, 0.25) is 23.1 Å². The van der Waals surface area contributed by atoms with E-state index in [0.29, 0.717) is 0 Å². The number of methoxy groups -OCH3 is 3. The monoisotopic (exact) mass is 1740 g/mol. The van der Waals surface area contributed by atoms with Gasteiger partial charge in [-0.15, -0.1) is 0 Å². The Morgan fingerprint density at radius 2 is 0.959 bits per heavy atom. The molecule has 7 saturated heterocycles. The van der Waals surface area contributed by atoms with E-state index < -0.39 is 344 Å². The molecule has 7 aliphatic heterocycles. The second-order valence-corrected chi connectivity index (χ2v) is 35.1. The summed E-state index contributed by atoms with van der Waals surface area (Å²) < 4.78 is 101. The summed E-state index contributed by atoms with van der Waals surface area (Å²) in [7, 11) is 3.09. The van der Waals surface area contributed by atoms with Gasteiger partial charge >= 0.3 is 0 Å². The zero-order valence-corrected chi connectivity index (χ0v) is 70.0. The van der Waals surface area contributed by atoms with E-state index in [-0.39, 0.29) is 81.6 Å². The molecule has 3 aromatic carbocycles. The van der Waals surface area contributed by atoms with Gasteiger partial charge in [0, 0.05) is 55.4 Å². The fraction of sp³-hybridized carbons (Fsp3) is 0.718. The van der Waals surface area contributed by atoms with E-state index in [9.17, 15) is 86.2 Å². The van der Waals surface area contributed by atoms with Crippen LogP contribution in [0.4, 0.5) is 0 Å². The number of ether oxygens (including phenoxy) is 16. The fourth-order valence-corrected chi connectivity index (χ4v) is 21.7. The Bertz CT molecular complexity index is 4640. The SMILES string of the molecule is C[13CH2]C[13C]1(O)C(OC2CCC(OC3CCC(O)(C(C)=O)C(C)O3)C(C)O2)[13CH](O)C(OC2CC(O)C(O)C(C)O2)[13CH]2C[13c]3c[13c]4c(OC)[13c](OC)c(C5=[13C](OC)C(=O)[13c]6c([13c](O)c7[13c](c6O)C6O[13C]8(C[13CH2]C)C(OC9CCC(OC%10CCC(O)(C(C)=O)C(C)O%10)C(C)O9)[13CH](O)C(OC9CC(O)C(O)C(C)O9)[13CH]6C8(O)[13C]7=O)[13C]5=O)[13c](O)c4[13c](O)c3[13C](=O)C21O. The molecule has 12 aliphatic rings. The molecule has 7 heterocycles. The molecule has 37 heteroatoms. The molecule has 0 amide bonds. The molecule has 122 heavy (non-hydrogen) atoms. The molecular weight excluding hydrogens is 1630 g/mol. The Labute approximate surface area is 700 Å². The molecule has 4 bridgehead atoms. The molecule has 33 atom stereocenters. The van der Waals surface area contributed by atoms with E-state index in [1.807, 2.05) is 0 Å². The van der Waals surface area contributed by atoms with Crippen molar-refractivity contribution in [1.29, 1.82) is 0 Å². The van der Waals surface area contributed by atoms with Crippen LogP contribution in [0.2, 0.25) is 0 Å². The molecule has 15 N–H and O–H groups in total. The number of hydrogen-bond acceptors (Lipinski definition) is 37. The number of aromatic hydroxyl groups is 4. The maximum atomic E-state index is 16.4. The number of Topliss-reactive ketones (excluding diaryl/α,β-unsaturated/α-hetero) is 6. The number of benzene rings is 3. The normalized spacial score (nSPS) is 43.2. The molecule has 2 saturated carbocycles. The molecule has 0 aromatic heterocycles. The number of carbonyl (C=O) groups is 6. The second kappa shape index (κ2) is 32.9. The first-order chi connectivity index (χ1) is 57.5. The average Bonchev–Trinajstić information content (AvgIpc) is 1.47. The van der Waals surface area contributed by atoms with Gasteiger partial charge < -0.3 is 152 Å². The molecule has 5 aliphatic carbocycles. The van der Waals surface area contributed by atoms with Crippen LogP contribution in [0.25, 0.3) is 16.3 Å². The first-order valence-electron chi connectivity index (χ1n) is 42.0. The molecule has 674 valence electrons. The van der Waals surface area contributed by atoms with Crippen molar-refractivity contribution in [3.8, 4) is 34.5 Å². The summed E-state index contributed by atoms with van der Waals surface area (Å²) in [5.41, 5.74) is -21.6. The van der Waals surface area contributed by atoms with Crippen LogP contribution in [0.3, 0.4) is 0 Å². The van der Waals surface area contributed by atoms with Crippen LogP contribution in [-0.2, 0) is 82.3 Å². The Morgan fingerprint density at radius 3 is 1.44 bits per heavy atom. The van der Waals surface area contributed by atoms with Crippen LogP contribution in [0, 0.1) is 11.8 Å². The zero-order chi connectivity index (χ0) is 88.5. The second-order valence-electron chi connectivity index (χ2n) is 35.1. The predicted molar refractivity (Wildman–Crippen MR) is 412 cm³/mol.